The van der Waals surface area contributed by atoms with Gasteiger partial charge in [-0.2, -0.15) is 0 Å². The number of carbonyl (C=O) groups excluding carboxylic acids is 1. The number of aliphatic carboxylic acids is 1. The Hall–Kier alpha value is -1.96. The maximum atomic E-state index is 11.9. The number of allylic oxidation sites excluding steroid dienone is 1. The van der Waals surface area contributed by atoms with Crippen molar-refractivity contribution in [1.29, 1.82) is 0 Å². The van der Waals surface area contributed by atoms with E-state index in [0.717, 1.165) is 25.7 Å². The fraction of sp³-hybridized carbons (Fsp3) is 0.897. The predicted molar refractivity (Wildman–Crippen MR) is 197 cm³/mol. The van der Waals surface area contributed by atoms with Crippen LogP contribution in [0.4, 0.5) is 0 Å². The van der Waals surface area contributed by atoms with Gasteiger partial charge in [-0.3, -0.25) is 9.59 Å². The van der Waals surface area contributed by atoms with Crippen molar-refractivity contribution in [3.63, 3.8) is 0 Å². The summed E-state index contributed by atoms with van der Waals surface area (Å²) in [5, 5.41) is 116. The van der Waals surface area contributed by atoms with Gasteiger partial charge in [-0.15, -0.1) is 0 Å². The zero-order chi connectivity index (χ0) is 42.5. The first-order chi connectivity index (χ1) is 28.1. The lowest BCUT2D eigenvalue weighted by molar-refractivity contribution is -0.367. The quantitative estimate of drug-likeness (QED) is 0.0265. The summed E-state index contributed by atoms with van der Waals surface area (Å²) in [7, 11) is 0. The first-order valence-electron chi connectivity index (χ1n) is 20.8. The number of carboxylic acid groups (broad SMARTS) is 1. The summed E-state index contributed by atoms with van der Waals surface area (Å²) in [6.07, 6.45) is -14.5. The van der Waals surface area contributed by atoms with Gasteiger partial charge < -0.3 is 89.3 Å². The molecule has 6 fully saturated rings. The van der Waals surface area contributed by atoms with Crippen molar-refractivity contribution >= 4 is 11.9 Å². The van der Waals surface area contributed by atoms with Crippen molar-refractivity contribution in [3.8, 4) is 0 Å². The monoisotopic (exact) mass is 851 g/mol. The van der Waals surface area contributed by atoms with Gasteiger partial charge in [0.05, 0.1) is 49.7 Å². The Morgan fingerprint density at radius 1 is 0.644 bits per heavy atom. The molecule has 20 heteroatoms. The van der Waals surface area contributed by atoms with Gasteiger partial charge in [-0.05, 0) is 57.3 Å². The molecule has 0 aromatic carbocycles. The van der Waals surface area contributed by atoms with Crippen molar-refractivity contribution in [2.24, 2.45) is 17.8 Å². The molecule has 19 unspecified atom stereocenters. The Kier molecular flexibility index (Phi) is 16.5. The Bertz CT molecular complexity index is 1380. The lowest BCUT2D eigenvalue weighted by Crippen LogP contribution is -2.64. The van der Waals surface area contributed by atoms with Crippen LogP contribution in [-0.2, 0) is 38.0 Å². The number of carboxylic acids is 1. The van der Waals surface area contributed by atoms with E-state index in [1.54, 1.807) is 0 Å². The van der Waals surface area contributed by atoms with Gasteiger partial charge >= 0.3 is 11.9 Å². The van der Waals surface area contributed by atoms with E-state index in [1.807, 2.05) is 12.2 Å². The highest BCUT2D eigenvalue weighted by atomic mass is 16.7. The number of aliphatic hydroxyl groups excluding tert-OH is 10. The molecule has 3 saturated heterocycles. The van der Waals surface area contributed by atoms with Gasteiger partial charge in [0.25, 0.3) is 0 Å². The SMILES string of the molecule is O=C(O)CC(=O)OCC1OC(OC2CC(O)CC3[OH+]C(C4CCC(O)C(O)C4)C(OC4OC(COCC=CC5CCC(O)CC5)C(O)C(O)C4O)CC23)C(O)C(O)C1O. The molecule has 6 rings (SSSR count). The van der Waals surface area contributed by atoms with E-state index >= 15 is 0 Å². The third-order valence-electron chi connectivity index (χ3n) is 12.8. The summed E-state index contributed by atoms with van der Waals surface area (Å²) < 4.78 is 40.2. The van der Waals surface area contributed by atoms with Crippen LogP contribution in [-0.4, -0.2) is 203 Å². The molecule has 338 valence electrons. The first kappa shape index (κ1) is 46.5. The van der Waals surface area contributed by atoms with E-state index in [2.05, 4.69) is 0 Å². The van der Waals surface area contributed by atoms with Gasteiger partial charge in [0.2, 0.25) is 0 Å². The molecular formula is C39H63O20+. The molecule has 3 aliphatic carbocycles. The van der Waals surface area contributed by atoms with Gasteiger partial charge in [0.15, 0.2) is 24.8 Å². The summed E-state index contributed by atoms with van der Waals surface area (Å²) in [5.41, 5.74) is 0. The Balaban J connectivity index is 1.15. The minimum Gasteiger partial charge on any atom is -0.481 e. The molecular weight excluding hydrogens is 788 g/mol. The Morgan fingerprint density at radius 3 is 1.90 bits per heavy atom. The molecule has 3 saturated carbocycles. The van der Waals surface area contributed by atoms with Gasteiger partial charge in [0, 0.05) is 18.8 Å². The molecule has 0 spiro atoms. The molecule has 3 aliphatic heterocycles. The highest BCUT2D eigenvalue weighted by Crippen LogP contribution is 2.44. The highest BCUT2D eigenvalue weighted by Gasteiger charge is 2.56. The van der Waals surface area contributed by atoms with Gasteiger partial charge in [-0.1, -0.05) is 12.2 Å². The van der Waals surface area contributed by atoms with E-state index in [1.165, 1.54) is 0 Å². The number of hydrogen-bond donors (Lipinski definition) is 11. The number of aliphatic hydroxyl groups is 12. The number of fused-ring (bicyclic) bond motifs is 1. The van der Waals surface area contributed by atoms with Gasteiger partial charge in [-0.25, -0.2) is 0 Å². The fourth-order valence-electron chi connectivity index (χ4n) is 9.46. The van der Waals surface area contributed by atoms with Gasteiger partial charge in [0.1, 0.15) is 68.0 Å². The van der Waals surface area contributed by atoms with Crippen LogP contribution in [0.5, 0.6) is 0 Å². The summed E-state index contributed by atoms with van der Waals surface area (Å²) in [4.78, 5) is 22.8. The Labute approximate surface area is 341 Å². The Morgan fingerprint density at radius 2 is 1.27 bits per heavy atom. The van der Waals surface area contributed by atoms with Crippen molar-refractivity contribution in [2.75, 3.05) is 19.8 Å². The van der Waals surface area contributed by atoms with Crippen LogP contribution >= 0.6 is 0 Å². The van der Waals surface area contributed by atoms with Crippen LogP contribution in [0.25, 0.3) is 0 Å². The maximum Gasteiger partial charge on any atom is 0.317 e. The molecule has 12 N–H and O–H groups in total. The number of ether oxygens (including phenoxy) is 7. The van der Waals surface area contributed by atoms with Crippen LogP contribution < -0.4 is 0 Å². The normalized spacial score (nSPS) is 47.1. The topological polar surface area (TPSA) is 325 Å². The van der Waals surface area contributed by atoms with Crippen LogP contribution in [0.3, 0.4) is 0 Å². The smallest absolute Gasteiger partial charge is 0.317 e. The average Bonchev–Trinajstić information content (AvgIpc) is 3.19. The minimum atomic E-state index is -1.82. The number of carbonyl (C=O) groups is 2. The van der Waals surface area contributed by atoms with Crippen LogP contribution in [0.1, 0.15) is 70.6 Å². The van der Waals surface area contributed by atoms with E-state index in [9.17, 15) is 60.7 Å². The molecule has 0 bridgehead atoms. The summed E-state index contributed by atoms with van der Waals surface area (Å²) in [5.74, 6) is -3.08. The number of hydrogen-bond acceptors (Lipinski definition) is 18. The van der Waals surface area contributed by atoms with E-state index < -0.39 is 135 Å². The van der Waals surface area contributed by atoms with E-state index in [-0.39, 0.29) is 57.3 Å². The number of esters is 1. The highest BCUT2D eigenvalue weighted by molar-refractivity contribution is 5.90. The zero-order valence-corrected chi connectivity index (χ0v) is 32.8. The molecule has 19 atom stereocenters. The molecule has 3 heterocycles. The second-order valence-electron chi connectivity index (χ2n) is 17.1. The second-order valence-corrected chi connectivity index (χ2v) is 17.1. The molecule has 0 aromatic heterocycles. The van der Waals surface area contributed by atoms with E-state index in [4.69, 9.17) is 38.3 Å². The third kappa shape index (κ3) is 11.7. The van der Waals surface area contributed by atoms with Crippen LogP contribution in [0, 0.1) is 17.8 Å². The molecule has 20 nitrogen and oxygen atoms in total. The van der Waals surface area contributed by atoms with Crippen molar-refractivity contribution in [1.82, 2.24) is 0 Å². The minimum absolute atomic E-state index is 0.0237. The first-order valence-corrected chi connectivity index (χ1v) is 20.8. The maximum absolute atomic E-state index is 11.9. The number of rotatable bonds is 14. The van der Waals surface area contributed by atoms with Crippen molar-refractivity contribution in [3.05, 3.63) is 12.2 Å². The molecule has 0 aromatic rings. The lowest BCUT2D eigenvalue weighted by Gasteiger charge is -2.50. The van der Waals surface area contributed by atoms with Crippen molar-refractivity contribution in [2.45, 2.75) is 181 Å². The third-order valence-corrected chi connectivity index (χ3v) is 12.8. The molecule has 0 amide bonds. The summed E-state index contributed by atoms with van der Waals surface area (Å²) >= 11 is 0. The standard InChI is InChI=1S/C39H62O20/c40-19-6-3-17(4-7-19)2-1-9-53-15-27-31(47)33(49)36(52)39(58-27)57-26-13-21-24(55-37(26)18-5-8-22(42)23(43)10-18)11-20(41)12-25(21)56-38-35(51)34(50)32(48)28(59-38)16-54-30(46)14-29(44)45/h1-2,17-28,31-43,47-52H,3-16H2,(H,44,45)/p+1. The predicted octanol–water partition coefficient (Wildman–Crippen LogP) is -3.52. The molecule has 6 aliphatic rings. The molecule has 0 radical (unpaired) electrons. The second kappa shape index (κ2) is 20.9. The van der Waals surface area contributed by atoms with Crippen LogP contribution in [0.2, 0.25) is 0 Å². The summed E-state index contributed by atoms with van der Waals surface area (Å²) in [6.45, 7) is -0.617. The van der Waals surface area contributed by atoms with Crippen LogP contribution in [0.15, 0.2) is 12.2 Å². The zero-order valence-electron chi connectivity index (χ0n) is 32.8. The average molecular weight is 852 g/mol. The molecule has 59 heavy (non-hydrogen) atoms. The van der Waals surface area contributed by atoms with Crippen molar-refractivity contribution < 1.29 is 98.9 Å². The lowest BCUT2D eigenvalue weighted by atomic mass is 9.72. The largest absolute Gasteiger partial charge is 0.481 e. The van der Waals surface area contributed by atoms with E-state index in [0.29, 0.717) is 12.3 Å². The fourth-order valence-corrected chi connectivity index (χ4v) is 9.46. The summed E-state index contributed by atoms with van der Waals surface area (Å²) in [6, 6.07) is 0.